The van der Waals surface area contributed by atoms with Gasteiger partial charge >= 0.3 is 0 Å². The number of hydrogen-bond acceptors (Lipinski definition) is 6. The second-order valence-electron chi connectivity index (χ2n) is 6.00. The highest BCUT2D eigenvalue weighted by Crippen LogP contribution is 2.37. The number of carbonyl (C=O) groups is 1. The fourth-order valence-electron chi connectivity index (χ4n) is 3.07. The number of nitrogen functional groups attached to an aromatic ring is 1. The Bertz CT molecular complexity index is 536. The third kappa shape index (κ3) is 2.92. The quantitative estimate of drug-likeness (QED) is 0.721. The summed E-state index contributed by atoms with van der Waals surface area (Å²) in [6.45, 7) is 1.49. The Kier molecular flexibility index (Phi) is 3.67. The third-order valence-corrected chi connectivity index (χ3v) is 4.50. The van der Waals surface area contributed by atoms with Crippen LogP contribution in [0.15, 0.2) is 6.07 Å². The van der Waals surface area contributed by atoms with Crippen LogP contribution in [-0.4, -0.2) is 40.2 Å². The molecule has 2 aliphatic rings. The number of aromatic nitrogens is 2. The molecule has 2 heterocycles. The summed E-state index contributed by atoms with van der Waals surface area (Å²) in [6, 6.07) is 1.96. The lowest BCUT2D eigenvalue weighted by Gasteiger charge is -2.34. The van der Waals surface area contributed by atoms with Crippen molar-refractivity contribution in [2.75, 3.05) is 23.7 Å². The van der Waals surface area contributed by atoms with Crippen molar-refractivity contribution in [3.63, 3.8) is 0 Å². The average molecular weight is 291 g/mol. The van der Waals surface area contributed by atoms with E-state index in [1.165, 1.54) is 0 Å². The molecular weight excluding hydrogens is 270 g/mol. The fourth-order valence-corrected chi connectivity index (χ4v) is 3.07. The number of aliphatic hydroxyl groups is 1. The molecule has 1 aromatic rings. The minimum atomic E-state index is -0.221. The number of amides is 1. The topological polar surface area (TPSA) is 118 Å². The first-order chi connectivity index (χ1) is 10.0. The van der Waals surface area contributed by atoms with Crippen molar-refractivity contribution in [2.45, 2.75) is 37.7 Å². The van der Waals surface area contributed by atoms with E-state index in [-0.39, 0.29) is 29.8 Å². The predicted octanol–water partition coefficient (Wildman–Crippen LogP) is -0.00120. The lowest BCUT2D eigenvalue weighted by atomic mass is 9.80. The van der Waals surface area contributed by atoms with Crippen LogP contribution >= 0.6 is 0 Å². The fraction of sp³-hybridized carbons (Fsp3) is 0.643. The molecule has 0 unspecified atom stereocenters. The van der Waals surface area contributed by atoms with Crippen molar-refractivity contribution in [3.8, 4) is 0 Å². The van der Waals surface area contributed by atoms with E-state index in [1.807, 2.05) is 6.07 Å². The van der Waals surface area contributed by atoms with Crippen molar-refractivity contribution in [1.82, 2.24) is 9.97 Å². The number of rotatable bonds is 3. The Hall–Kier alpha value is -1.89. The molecule has 21 heavy (non-hydrogen) atoms. The number of primary amides is 1. The van der Waals surface area contributed by atoms with E-state index in [9.17, 15) is 9.90 Å². The third-order valence-electron chi connectivity index (χ3n) is 4.50. The van der Waals surface area contributed by atoms with Crippen LogP contribution in [0.4, 0.5) is 11.8 Å². The second kappa shape index (κ2) is 5.48. The summed E-state index contributed by atoms with van der Waals surface area (Å²) in [6.07, 6.45) is 2.74. The van der Waals surface area contributed by atoms with Gasteiger partial charge in [-0.1, -0.05) is 0 Å². The van der Waals surface area contributed by atoms with Crippen molar-refractivity contribution in [3.05, 3.63) is 11.8 Å². The number of nitrogens with zero attached hydrogens (tertiary/aromatic N) is 3. The van der Waals surface area contributed by atoms with E-state index < -0.39 is 0 Å². The molecule has 1 saturated carbocycles. The van der Waals surface area contributed by atoms with Gasteiger partial charge < -0.3 is 21.5 Å². The van der Waals surface area contributed by atoms with Crippen LogP contribution in [0, 0.1) is 5.92 Å². The lowest BCUT2D eigenvalue weighted by molar-refractivity contribution is -0.122. The van der Waals surface area contributed by atoms with Crippen molar-refractivity contribution >= 4 is 17.7 Å². The van der Waals surface area contributed by atoms with Crippen LogP contribution in [0.25, 0.3) is 0 Å². The summed E-state index contributed by atoms with van der Waals surface area (Å²) in [5.41, 5.74) is 12.1. The molecule has 0 spiro atoms. The summed E-state index contributed by atoms with van der Waals surface area (Å²) >= 11 is 0. The van der Waals surface area contributed by atoms with Crippen LogP contribution in [0.3, 0.4) is 0 Å². The second-order valence-corrected chi connectivity index (χ2v) is 6.00. The Morgan fingerprint density at radius 2 is 1.95 bits per heavy atom. The van der Waals surface area contributed by atoms with Crippen LogP contribution in [0.5, 0.6) is 0 Å². The molecule has 3 rings (SSSR count). The van der Waals surface area contributed by atoms with Crippen LogP contribution < -0.4 is 16.4 Å². The van der Waals surface area contributed by atoms with Gasteiger partial charge in [0.2, 0.25) is 11.9 Å². The van der Waals surface area contributed by atoms with Crippen molar-refractivity contribution < 1.29 is 9.90 Å². The molecule has 0 radical (unpaired) electrons. The molecule has 1 amide bonds. The zero-order valence-corrected chi connectivity index (χ0v) is 11.9. The molecule has 1 aliphatic carbocycles. The molecule has 1 aliphatic heterocycles. The SMILES string of the molecule is NC(=O)C1CCN(c2cc(C3CC(O)C3)nc(N)n2)CC1. The molecule has 0 bridgehead atoms. The van der Waals surface area contributed by atoms with Crippen molar-refractivity contribution in [1.29, 1.82) is 0 Å². The Morgan fingerprint density at radius 1 is 1.29 bits per heavy atom. The van der Waals surface area contributed by atoms with Crippen LogP contribution in [0.1, 0.15) is 37.3 Å². The minimum Gasteiger partial charge on any atom is -0.393 e. The summed E-state index contributed by atoms with van der Waals surface area (Å²) in [7, 11) is 0. The van der Waals surface area contributed by atoms with Crippen molar-refractivity contribution in [2.24, 2.45) is 11.7 Å². The van der Waals surface area contributed by atoms with E-state index in [0.717, 1.165) is 50.3 Å². The Balaban J connectivity index is 1.72. The van der Waals surface area contributed by atoms with Crippen LogP contribution in [0.2, 0.25) is 0 Å². The normalized spacial score (nSPS) is 26.4. The summed E-state index contributed by atoms with van der Waals surface area (Å²) in [5, 5.41) is 9.42. The number of hydrogen-bond donors (Lipinski definition) is 3. The summed E-state index contributed by atoms with van der Waals surface area (Å²) in [4.78, 5) is 21.9. The Labute approximate surface area is 123 Å². The first-order valence-electron chi connectivity index (χ1n) is 7.39. The number of anilines is 2. The van der Waals surface area contributed by atoms with E-state index in [2.05, 4.69) is 14.9 Å². The van der Waals surface area contributed by atoms with Gasteiger partial charge in [-0.2, -0.15) is 4.98 Å². The maximum absolute atomic E-state index is 11.2. The van der Waals surface area contributed by atoms with Gasteiger partial charge in [0.05, 0.1) is 11.8 Å². The van der Waals surface area contributed by atoms with E-state index >= 15 is 0 Å². The molecule has 7 heteroatoms. The molecule has 0 aromatic carbocycles. The molecule has 114 valence electrons. The average Bonchev–Trinajstić information content (AvgIpc) is 2.43. The molecule has 7 nitrogen and oxygen atoms in total. The summed E-state index contributed by atoms with van der Waals surface area (Å²) in [5.74, 6) is 1.08. The number of aliphatic hydroxyl groups excluding tert-OH is 1. The molecule has 2 fully saturated rings. The smallest absolute Gasteiger partial charge is 0.222 e. The molecule has 5 N–H and O–H groups in total. The van der Waals surface area contributed by atoms with Gasteiger partial charge in [-0.05, 0) is 25.7 Å². The number of piperidine rings is 1. The zero-order chi connectivity index (χ0) is 15.0. The van der Waals surface area contributed by atoms with E-state index in [0.29, 0.717) is 0 Å². The lowest BCUT2D eigenvalue weighted by Crippen LogP contribution is -2.39. The standard InChI is InChI=1S/C14H21N5O2/c15-13(21)8-1-3-19(4-2-8)12-7-11(17-14(16)18-12)9-5-10(20)6-9/h7-10,20H,1-6H2,(H2,15,21)(H2,16,17,18). The monoisotopic (exact) mass is 291 g/mol. The highest BCUT2D eigenvalue weighted by Gasteiger charge is 2.31. The maximum atomic E-state index is 11.2. The van der Waals surface area contributed by atoms with Crippen LogP contribution in [-0.2, 0) is 4.79 Å². The van der Waals surface area contributed by atoms with Gasteiger partial charge in [0.25, 0.3) is 0 Å². The molecule has 1 saturated heterocycles. The number of carbonyl (C=O) groups excluding carboxylic acids is 1. The van der Waals surface area contributed by atoms with Gasteiger partial charge in [-0.3, -0.25) is 4.79 Å². The molecular formula is C14H21N5O2. The van der Waals surface area contributed by atoms with Gasteiger partial charge in [0.15, 0.2) is 0 Å². The van der Waals surface area contributed by atoms with Gasteiger partial charge in [-0.25, -0.2) is 4.98 Å². The highest BCUT2D eigenvalue weighted by molar-refractivity contribution is 5.77. The largest absolute Gasteiger partial charge is 0.393 e. The predicted molar refractivity (Wildman–Crippen MR) is 78.6 cm³/mol. The number of nitrogens with two attached hydrogens (primary N) is 2. The summed E-state index contributed by atoms with van der Waals surface area (Å²) < 4.78 is 0. The highest BCUT2D eigenvalue weighted by atomic mass is 16.3. The van der Waals surface area contributed by atoms with Gasteiger partial charge in [0, 0.05) is 31.0 Å². The van der Waals surface area contributed by atoms with Gasteiger partial charge in [-0.15, -0.1) is 0 Å². The minimum absolute atomic E-state index is 0.0401. The maximum Gasteiger partial charge on any atom is 0.222 e. The Morgan fingerprint density at radius 3 is 2.52 bits per heavy atom. The molecule has 1 aromatic heterocycles. The first-order valence-corrected chi connectivity index (χ1v) is 7.39. The van der Waals surface area contributed by atoms with E-state index in [4.69, 9.17) is 11.5 Å². The van der Waals surface area contributed by atoms with E-state index in [1.54, 1.807) is 0 Å². The first kappa shape index (κ1) is 14.1. The molecule has 0 atom stereocenters. The van der Waals surface area contributed by atoms with Gasteiger partial charge in [0.1, 0.15) is 5.82 Å². The zero-order valence-electron chi connectivity index (χ0n) is 11.9.